The molecule has 19 heavy (non-hydrogen) atoms. The number of fused-ring (bicyclic) bond motifs is 1. The first-order chi connectivity index (χ1) is 9.22. The summed E-state index contributed by atoms with van der Waals surface area (Å²) in [6, 6.07) is 16.4. The van der Waals surface area contributed by atoms with Crippen LogP contribution in [-0.4, -0.2) is 4.98 Å². The Balaban J connectivity index is 1.78. The second-order valence-corrected chi connectivity index (χ2v) is 5.45. The number of nitrogens with one attached hydrogen (secondary N) is 1. The molecule has 96 valence electrons. The summed E-state index contributed by atoms with van der Waals surface area (Å²) in [5.74, 6) is 0.892. The first kappa shape index (κ1) is 12.3. The fourth-order valence-electron chi connectivity index (χ4n) is 2.05. The van der Waals surface area contributed by atoms with Gasteiger partial charge in [-0.25, -0.2) is 0 Å². The van der Waals surface area contributed by atoms with E-state index in [0.29, 0.717) is 6.61 Å². The summed E-state index contributed by atoms with van der Waals surface area (Å²) >= 11 is 3.54. The number of para-hydroxylation sites is 1. The van der Waals surface area contributed by atoms with Crippen molar-refractivity contribution in [2.24, 2.45) is 0 Å². The summed E-state index contributed by atoms with van der Waals surface area (Å²) in [5, 5.41) is 1.19. The van der Waals surface area contributed by atoms with E-state index in [1.54, 1.807) is 0 Å². The van der Waals surface area contributed by atoms with Gasteiger partial charge in [0.2, 0.25) is 0 Å². The van der Waals surface area contributed by atoms with Crippen molar-refractivity contribution in [3.63, 3.8) is 0 Å². The molecule has 0 amide bonds. The molecule has 3 rings (SSSR count). The highest BCUT2D eigenvalue weighted by Crippen LogP contribution is 2.24. The summed E-state index contributed by atoms with van der Waals surface area (Å²) in [5.41, 5.74) is 3.43. The van der Waals surface area contributed by atoms with E-state index in [-0.39, 0.29) is 0 Å². The van der Waals surface area contributed by atoms with Crippen LogP contribution in [0.4, 0.5) is 0 Å². The van der Waals surface area contributed by atoms with Gasteiger partial charge >= 0.3 is 0 Å². The first-order valence-electron chi connectivity index (χ1n) is 6.18. The van der Waals surface area contributed by atoms with E-state index in [2.05, 4.69) is 52.1 Å². The summed E-state index contributed by atoms with van der Waals surface area (Å²) in [7, 11) is 0. The van der Waals surface area contributed by atoms with Crippen LogP contribution in [0.25, 0.3) is 10.9 Å². The van der Waals surface area contributed by atoms with Gasteiger partial charge in [0.25, 0.3) is 0 Å². The molecule has 0 unspecified atom stereocenters. The van der Waals surface area contributed by atoms with E-state index in [1.165, 1.54) is 10.9 Å². The summed E-state index contributed by atoms with van der Waals surface area (Å²) < 4.78 is 6.85. The maximum Gasteiger partial charge on any atom is 0.128 e. The minimum absolute atomic E-state index is 0.546. The van der Waals surface area contributed by atoms with Crippen molar-refractivity contribution >= 4 is 26.8 Å². The molecule has 3 heteroatoms. The van der Waals surface area contributed by atoms with Crippen LogP contribution in [-0.2, 0) is 6.61 Å². The van der Waals surface area contributed by atoms with Gasteiger partial charge in [-0.05, 0) is 47.1 Å². The Morgan fingerprint density at radius 1 is 1.11 bits per heavy atom. The molecule has 0 spiro atoms. The van der Waals surface area contributed by atoms with Gasteiger partial charge in [-0.1, -0.05) is 29.8 Å². The molecule has 0 saturated heterocycles. The van der Waals surface area contributed by atoms with Crippen molar-refractivity contribution in [2.75, 3.05) is 0 Å². The number of hydrogen-bond donors (Lipinski definition) is 1. The maximum absolute atomic E-state index is 5.77. The predicted molar refractivity (Wildman–Crippen MR) is 81.5 cm³/mol. The molecule has 0 aliphatic rings. The fraction of sp³-hybridized carbons (Fsp3) is 0.125. The zero-order valence-electron chi connectivity index (χ0n) is 10.6. The van der Waals surface area contributed by atoms with Gasteiger partial charge < -0.3 is 9.72 Å². The number of ether oxygens (including phenoxy) is 1. The number of halogens is 1. The van der Waals surface area contributed by atoms with E-state index in [1.807, 2.05) is 24.3 Å². The quantitative estimate of drug-likeness (QED) is 0.736. The lowest BCUT2D eigenvalue weighted by atomic mass is 10.2. The number of H-pyrrole nitrogens is 1. The van der Waals surface area contributed by atoms with Gasteiger partial charge in [0, 0.05) is 9.86 Å². The molecular weight excluding hydrogens is 302 g/mol. The molecule has 2 nitrogen and oxygen atoms in total. The molecule has 0 saturated carbocycles. The number of aryl methyl sites for hydroxylation is 1. The number of rotatable bonds is 3. The Bertz CT molecular complexity index is 700. The second-order valence-electron chi connectivity index (χ2n) is 4.60. The van der Waals surface area contributed by atoms with Crippen molar-refractivity contribution in [1.82, 2.24) is 4.98 Å². The minimum Gasteiger partial charge on any atom is -0.487 e. The Morgan fingerprint density at radius 3 is 2.63 bits per heavy atom. The average molecular weight is 316 g/mol. The van der Waals surface area contributed by atoms with Crippen molar-refractivity contribution in [3.05, 3.63) is 64.3 Å². The van der Waals surface area contributed by atoms with Crippen LogP contribution < -0.4 is 4.74 Å². The largest absolute Gasteiger partial charge is 0.487 e. The Labute approximate surface area is 120 Å². The topological polar surface area (TPSA) is 25.0 Å². The third-order valence-corrected chi connectivity index (χ3v) is 3.74. The molecule has 1 aromatic heterocycles. The molecule has 1 heterocycles. The lowest BCUT2D eigenvalue weighted by molar-refractivity contribution is 0.302. The second kappa shape index (κ2) is 5.10. The minimum atomic E-state index is 0.546. The molecule has 0 radical (unpaired) electrons. The van der Waals surface area contributed by atoms with Crippen LogP contribution in [0.2, 0.25) is 0 Å². The van der Waals surface area contributed by atoms with E-state index in [4.69, 9.17) is 4.74 Å². The van der Waals surface area contributed by atoms with E-state index < -0.39 is 0 Å². The molecule has 0 fully saturated rings. The highest BCUT2D eigenvalue weighted by atomic mass is 79.9. The number of hydrogen-bond acceptors (Lipinski definition) is 1. The number of benzene rings is 2. The van der Waals surface area contributed by atoms with E-state index in [0.717, 1.165) is 21.4 Å². The SMILES string of the molecule is Cc1ccc(OCc2cc3cccc(Br)c3[nH]2)cc1. The van der Waals surface area contributed by atoms with Gasteiger partial charge in [0.15, 0.2) is 0 Å². The number of aromatic amines is 1. The lowest BCUT2D eigenvalue weighted by Crippen LogP contribution is -1.95. The fourth-order valence-corrected chi connectivity index (χ4v) is 2.53. The molecule has 2 aromatic carbocycles. The highest BCUT2D eigenvalue weighted by Gasteiger charge is 2.04. The normalized spacial score (nSPS) is 10.8. The molecule has 0 bridgehead atoms. The van der Waals surface area contributed by atoms with Crippen molar-refractivity contribution in [3.8, 4) is 5.75 Å². The van der Waals surface area contributed by atoms with Crippen molar-refractivity contribution in [1.29, 1.82) is 0 Å². The monoisotopic (exact) mass is 315 g/mol. The number of aromatic nitrogens is 1. The first-order valence-corrected chi connectivity index (χ1v) is 6.97. The van der Waals surface area contributed by atoms with E-state index in [9.17, 15) is 0 Å². The summed E-state index contributed by atoms with van der Waals surface area (Å²) in [6.07, 6.45) is 0. The average Bonchev–Trinajstić information content (AvgIpc) is 2.83. The third-order valence-electron chi connectivity index (χ3n) is 3.08. The smallest absolute Gasteiger partial charge is 0.128 e. The van der Waals surface area contributed by atoms with Gasteiger partial charge in [-0.2, -0.15) is 0 Å². The van der Waals surface area contributed by atoms with Crippen LogP contribution in [0.3, 0.4) is 0 Å². The van der Waals surface area contributed by atoms with Gasteiger partial charge in [0.1, 0.15) is 12.4 Å². The molecule has 0 atom stereocenters. The molecule has 3 aromatic rings. The van der Waals surface area contributed by atoms with Crippen LogP contribution in [0.15, 0.2) is 53.0 Å². The van der Waals surface area contributed by atoms with Crippen LogP contribution in [0.1, 0.15) is 11.3 Å². The van der Waals surface area contributed by atoms with Gasteiger partial charge in [0.05, 0.1) is 11.2 Å². The zero-order chi connectivity index (χ0) is 13.2. The molecule has 0 aliphatic carbocycles. The lowest BCUT2D eigenvalue weighted by Gasteiger charge is -2.04. The Morgan fingerprint density at radius 2 is 1.89 bits per heavy atom. The maximum atomic E-state index is 5.77. The van der Waals surface area contributed by atoms with Crippen molar-refractivity contribution in [2.45, 2.75) is 13.5 Å². The Hall–Kier alpha value is -1.74. The zero-order valence-corrected chi connectivity index (χ0v) is 12.2. The molecule has 1 N–H and O–H groups in total. The summed E-state index contributed by atoms with van der Waals surface area (Å²) in [6.45, 7) is 2.61. The third kappa shape index (κ3) is 2.66. The van der Waals surface area contributed by atoms with E-state index >= 15 is 0 Å². The predicted octanol–water partition coefficient (Wildman–Crippen LogP) is 4.82. The van der Waals surface area contributed by atoms with Crippen molar-refractivity contribution < 1.29 is 4.74 Å². The van der Waals surface area contributed by atoms with Gasteiger partial charge in [-0.3, -0.25) is 0 Å². The van der Waals surface area contributed by atoms with Crippen LogP contribution in [0.5, 0.6) is 5.75 Å². The standard InChI is InChI=1S/C16H14BrNO/c1-11-5-7-14(8-6-11)19-10-13-9-12-3-2-4-15(17)16(12)18-13/h2-9,18H,10H2,1H3. The van der Waals surface area contributed by atoms with Crippen LogP contribution in [0, 0.1) is 6.92 Å². The highest BCUT2D eigenvalue weighted by molar-refractivity contribution is 9.10. The molecular formula is C16H14BrNO. The van der Waals surface area contributed by atoms with Crippen LogP contribution >= 0.6 is 15.9 Å². The molecule has 0 aliphatic heterocycles. The summed E-state index contributed by atoms with van der Waals surface area (Å²) in [4.78, 5) is 3.37. The van der Waals surface area contributed by atoms with Gasteiger partial charge in [-0.15, -0.1) is 0 Å². The Kier molecular flexibility index (Phi) is 3.30.